The van der Waals surface area contributed by atoms with Crippen LogP contribution in [0.5, 0.6) is 0 Å². The van der Waals surface area contributed by atoms with Gasteiger partial charge in [-0.05, 0) is 31.0 Å². The summed E-state index contributed by atoms with van der Waals surface area (Å²) in [7, 11) is 0. The molecule has 3 aromatic rings. The SMILES string of the molecule is Nc1nccc(-c2sc(C3CCOCC3)nc2-c2ccccc2F)n1. The summed E-state index contributed by atoms with van der Waals surface area (Å²) in [6.45, 7) is 1.46. The van der Waals surface area contributed by atoms with Crippen molar-refractivity contribution in [2.45, 2.75) is 18.8 Å². The van der Waals surface area contributed by atoms with Crippen LogP contribution in [-0.4, -0.2) is 28.2 Å². The van der Waals surface area contributed by atoms with E-state index in [0.717, 1.165) is 35.9 Å². The van der Waals surface area contributed by atoms with Gasteiger partial charge in [0.25, 0.3) is 0 Å². The van der Waals surface area contributed by atoms with Gasteiger partial charge in [0.05, 0.1) is 21.3 Å². The molecule has 1 aromatic carbocycles. The summed E-state index contributed by atoms with van der Waals surface area (Å²) in [5.41, 5.74) is 7.49. The highest BCUT2D eigenvalue weighted by molar-refractivity contribution is 7.15. The molecule has 4 rings (SSSR count). The van der Waals surface area contributed by atoms with E-state index in [1.807, 2.05) is 6.07 Å². The predicted octanol–water partition coefficient (Wildman–Crippen LogP) is 3.88. The Labute approximate surface area is 148 Å². The maximum atomic E-state index is 14.4. The third kappa shape index (κ3) is 3.25. The van der Waals surface area contributed by atoms with E-state index in [-0.39, 0.29) is 11.8 Å². The highest BCUT2D eigenvalue weighted by atomic mass is 32.1. The maximum absolute atomic E-state index is 14.4. The van der Waals surface area contributed by atoms with Crippen molar-refractivity contribution in [1.29, 1.82) is 0 Å². The monoisotopic (exact) mass is 356 g/mol. The first kappa shape index (κ1) is 16.1. The molecule has 0 aliphatic carbocycles. The van der Waals surface area contributed by atoms with Gasteiger partial charge < -0.3 is 10.5 Å². The smallest absolute Gasteiger partial charge is 0.220 e. The molecule has 7 heteroatoms. The summed E-state index contributed by atoms with van der Waals surface area (Å²) in [6, 6.07) is 8.45. The van der Waals surface area contributed by atoms with Crippen LogP contribution in [0.3, 0.4) is 0 Å². The van der Waals surface area contributed by atoms with Gasteiger partial charge in [0.1, 0.15) is 5.82 Å². The molecule has 1 saturated heterocycles. The van der Waals surface area contributed by atoms with Crippen LogP contribution in [0.1, 0.15) is 23.8 Å². The summed E-state index contributed by atoms with van der Waals surface area (Å²) in [6.07, 6.45) is 3.46. The number of rotatable bonds is 3. The Kier molecular flexibility index (Phi) is 4.42. The molecule has 25 heavy (non-hydrogen) atoms. The third-order valence-corrected chi connectivity index (χ3v) is 5.49. The van der Waals surface area contributed by atoms with Crippen molar-refractivity contribution in [3.63, 3.8) is 0 Å². The quantitative estimate of drug-likeness (QED) is 0.771. The van der Waals surface area contributed by atoms with Gasteiger partial charge in [0.15, 0.2) is 0 Å². The molecule has 3 heterocycles. The number of ether oxygens (including phenoxy) is 1. The Bertz CT molecular complexity index is 892. The van der Waals surface area contributed by atoms with Crippen LogP contribution in [-0.2, 0) is 4.74 Å². The fourth-order valence-corrected chi connectivity index (χ4v) is 4.18. The number of anilines is 1. The zero-order valence-electron chi connectivity index (χ0n) is 13.5. The van der Waals surface area contributed by atoms with Gasteiger partial charge in [-0.2, -0.15) is 0 Å². The van der Waals surface area contributed by atoms with E-state index < -0.39 is 0 Å². The van der Waals surface area contributed by atoms with Gasteiger partial charge >= 0.3 is 0 Å². The molecule has 1 aliphatic heterocycles. The average Bonchev–Trinajstić information content (AvgIpc) is 3.08. The number of hydrogen-bond donors (Lipinski definition) is 1. The third-order valence-electron chi connectivity index (χ3n) is 4.25. The first-order chi connectivity index (χ1) is 12.2. The number of benzene rings is 1. The average molecular weight is 356 g/mol. The van der Waals surface area contributed by atoms with Crippen molar-refractivity contribution in [2.24, 2.45) is 0 Å². The fraction of sp³-hybridized carbons (Fsp3) is 0.278. The molecule has 0 radical (unpaired) electrons. The highest BCUT2D eigenvalue weighted by Gasteiger charge is 2.24. The number of nitrogen functional groups attached to an aromatic ring is 1. The van der Waals surface area contributed by atoms with Crippen LogP contribution in [0.25, 0.3) is 21.8 Å². The molecule has 2 N–H and O–H groups in total. The maximum Gasteiger partial charge on any atom is 0.220 e. The summed E-state index contributed by atoms with van der Waals surface area (Å²) in [5.74, 6) is 0.227. The molecule has 0 bridgehead atoms. The zero-order valence-corrected chi connectivity index (χ0v) is 14.3. The van der Waals surface area contributed by atoms with Crippen LogP contribution in [0, 0.1) is 5.82 Å². The molecular weight excluding hydrogens is 339 g/mol. The Morgan fingerprint density at radius 3 is 2.68 bits per heavy atom. The first-order valence-corrected chi connectivity index (χ1v) is 8.96. The largest absolute Gasteiger partial charge is 0.381 e. The molecule has 0 amide bonds. The molecule has 0 unspecified atom stereocenters. The summed E-state index contributed by atoms with van der Waals surface area (Å²) in [4.78, 5) is 13.9. The Morgan fingerprint density at radius 2 is 1.92 bits per heavy atom. The Balaban J connectivity index is 1.85. The van der Waals surface area contributed by atoms with Gasteiger partial charge in [-0.25, -0.2) is 19.3 Å². The predicted molar refractivity (Wildman–Crippen MR) is 95.7 cm³/mol. The minimum absolute atomic E-state index is 0.193. The van der Waals surface area contributed by atoms with E-state index >= 15 is 0 Å². The first-order valence-electron chi connectivity index (χ1n) is 8.14. The second-order valence-corrected chi connectivity index (χ2v) is 6.93. The van der Waals surface area contributed by atoms with Crippen molar-refractivity contribution >= 4 is 17.3 Å². The van der Waals surface area contributed by atoms with Crippen molar-refractivity contribution in [3.8, 4) is 21.8 Å². The molecule has 2 aromatic heterocycles. The van der Waals surface area contributed by atoms with Crippen molar-refractivity contribution in [3.05, 3.63) is 47.4 Å². The van der Waals surface area contributed by atoms with Crippen molar-refractivity contribution in [2.75, 3.05) is 18.9 Å². The van der Waals surface area contributed by atoms with E-state index in [1.165, 1.54) is 6.07 Å². The molecule has 128 valence electrons. The number of nitrogens with zero attached hydrogens (tertiary/aromatic N) is 3. The lowest BCUT2D eigenvalue weighted by Gasteiger charge is -2.19. The van der Waals surface area contributed by atoms with Crippen LogP contribution in [0.4, 0.5) is 10.3 Å². The molecule has 0 saturated carbocycles. The van der Waals surface area contributed by atoms with Crippen molar-refractivity contribution < 1.29 is 9.13 Å². The van der Waals surface area contributed by atoms with Gasteiger partial charge in [-0.3, -0.25) is 0 Å². The van der Waals surface area contributed by atoms with E-state index in [9.17, 15) is 4.39 Å². The van der Waals surface area contributed by atoms with Gasteiger partial charge in [0.2, 0.25) is 5.95 Å². The van der Waals surface area contributed by atoms with Gasteiger partial charge in [-0.15, -0.1) is 11.3 Å². The second kappa shape index (κ2) is 6.85. The summed E-state index contributed by atoms with van der Waals surface area (Å²) >= 11 is 1.55. The van der Waals surface area contributed by atoms with Gasteiger partial charge in [0, 0.05) is 30.9 Å². The van der Waals surface area contributed by atoms with E-state index in [2.05, 4.69) is 9.97 Å². The van der Waals surface area contributed by atoms with Crippen LogP contribution in [0.15, 0.2) is 36.5 Å². The topological polar surface area (TPSA) is 73.9 Å². The highest BCUT2D eigenvalue weighted by Crippen LogP contribution is 2.41. The number of thiazole rings is 1. The number of aromatic nitrogens is 3. The Hall–Kier alpha value is -2.38. The normalized spacial score (nSPS) is 15.4. The lowest BCUT2D eigenvalue weighted by Crippen LogP contribution is -2.13. The Morgan fingerprint density at radius 1 is 1.12 bits per heavy atom. The minimum atomic E-state index is -0.297. The molecule has 0 spiro atoms. The van der Waals surface area contributed by atoms with Crippen LogP contribution in [0.2, 0.25) is 0 Å². The lowest BCUT2D eigenvalue weighted by molar-refractivity contribution is 0.0853. The van der Waals surface area contributed by atoms with Crippen molar-refractivity contribution in [1.82, 2.24) is 15.0 Å². The summed E-state index contributed by atoms with van der Waals surface area (Å²) < 4.78 is 19.8. The van der Waals surface area contributed by atoms with E-state index in [1.54, 1.807) is 35.7 Å². The number of halogens is 1. The minimum Gasteiger partial charge on any atom is -0.381 e. The van der Waals surface area contributed by atoms with Crippen LogP contribution >= 0.6 is 11.3 Å². The second-order valence-electron chi connectivity index (χ2n) is 5.90. The lowest BCUT2D eigenvalue weighted by atomic mass is 10.0. The standard InChI is InChI=1S/C18H17FN4OS/c19-13-4-2-1-3-12(13)15-16(14-5-8-21-18(20)22-14)25-17(23-15)11-6-9-24-10-7-11/h1-5,8,11H,6-7,9-10H2,(H2,20,21,22). The summed E-state index contributed by atoms with van der Waals surface area (Å²) in [5, 5.41) is 0.994. The fourth-order valence-electron chi connectivity index (χ4n) is 2.97. The molecule has 0 atom stereocenters. The number of hydrogen-bond acceptors (Lipinski definition) is 6. The number of nitrogens with two attached hydrogens (primary N) is 1. The molecular formula is C18H17FN4OS. The molecule has 1 fully saturated rings. The molecule has 1 aliphatic rings. The van der Waals surface area contributed by atoms with E-state index in [4.69, 9.17) is 15.5 Å². The zero-order chi connectivity index (χ0) is 17.2. The van der Waals surface area contributed by atoms with Gasteiger partial charge in [-0.1, -0.05) is 12.1 Å². The van der Waals surface area contributed by atoms with E-state index in [0.29, 0.717) is 22.9 Å². The van der Waals surface area contributed by atoms with Crippen LogP contribution < -0.4 is 5.73 Å². The molecule has 5 nitrogen and oxygen atoms in total.